The van der Waals surface area contributed by atoms with Crippen molar-refractivity contribution in [2.45, 2.75) is 31.4 Å². The molecule has 0 N–H and O–H groups in total. The molecule has 4 heteroatoms. The van der Waals surface area contributed by atoms with Crippen LogP contribution in [0.2, 0.25) is 0 Å². The van der Waals surface area contributed by atoms with Gasteiger partial charge in [0.2, 0.25) is 0 Å². The molecule has 0 aromatic heterocycles. The first kappa shape index (κ1) is 14.2. The lowest BCUT2D eigenvalue weighted by Gasteiger charge is -2.44. The van der Waals surface area contributed by atoms with Gasteiger partial charge >= 0.3 is 0 Å². The van der Waals surface area contributed by atoms with Crippen LogP contribution in [0, 0.1) is 5.41 Å². The average molecular weight is 322 g/mol. The summed E-state index contributed by atoms with van der Waals surface area (Å²) in [4.78, 5) is 2.67. The summed E-state index contributed by atoms with van der Waals surface area (Å²) in [5.74, 6) is 1.28. The van der Waals surface area contributed by atoms with Gasteiger partial charge in [-0.3, -0.25) is 0 Å². The third kappa shape index (κ3) is 3.85. The minimum absolute atomic E-state index is 0.427. The standard InChI is InChI=1S/C13H24BrNOS/c1-12(2)10-15(5-8-17-12)11-13(9-14)3-6-16-7-4-13/h3-11H2,1-2H3. The van der Waals surface area contributed by atoms with Gasteiger partial charge in [0.15, 0.2) is 0 Å². The molecule has 2 aliphatic rings. The van der Waals surface area contributed by atoms with Crippen molar-refractivity contribution in [1.29, 1.82) is 0 Å². The first-order valence-corrected chi connectivity index (χ1v) is 8.66. The summed E-state index contributed by atoms with van der Waals surface area (Å²) in [5, 5.41) is 1.12. The molecule has 0 spiro atoms. The summed E-state index contributed by atoms with van der Waals surface area (Å²) in [6.07, 6.45) is 2.42. The molecule has 2 nitrogen and oxygen atoms in total. The van der Waals surface area contributed by atoms with E-state index in [0.29, 0.717) is 10.2 Å². The Hall–Kier alpha value is 0.750. The lowest BCUT2D eigenvalue weighted by molar-refractivity contribution is 0.00756. The van der Waals surface area contributed by atoms with E-state index in [2.05, 4.69) is 46.4 Å². The number of nitrogens with zero attached hydrogens (tertiary/aromatic N) is 1. The highest BCUT2D eigenvalue weighted by Crippen LogP contribution is 2.36. The normalized spacial score (nSPS) is 29.1. The van der Waals surface area contributed by atoms with Gasteiger partial charge in [-0.25, -0.2) is 0 Å². The molecule has 2 rings (SSSR count). The van der Waals surface area contributed by atoms with Crippen molar-refractivity contribution in [3.63, 3.8) is 0 Å². The molecule has 0 aromatic carbocycles. The van der Waals surface area contributed by atoms with E-state index < -0.39 is 0 Å². The molecule has 2 saturated heterocycles. The monoisotopic (exact) mass is 321 g/mol. The summed E-state index contributed by atoms with van der Waals surface area (Å²) < 4.78 is 5.94. The van der Waals surface area contributed by atoms with Crippen molar-refractivity contribution in [1.82, 2.24) is 4.90 Å². The second-order valence-electron chi connectivity index (χ2n) is 6.06. The molecule has 0 unspecified atom stereocenters. The smallest absolute Gasteiger partial charge is 0.0472 e. The SMILES string of the molecule is CC1(C)CN(CC2(CBr)CCOCC2)CCS1. The quantitative estimate of drug-likeness (QED) is 0.741. The van der Waals surface area contributed by atoms with Crippen LogP contribution in [-0.2, 0) is 4.74 Å². The molecule has 0 radical (unpaired) electrons. The molecule has 2 fully saturated rings. The summed E-state index contributed by atoms with van der Waals surface area (Å²) in [6, 6.07) is 0. The van der Waals surface area contributed by atoms with E-state index in [-0.39, 0.29) is 0 Å². The van der Waals surface area contributed by atoms with Crippen molar-refractivity contribution in [2.75, 3.05) is 43.9 Å². The van der Waals surface area contributed by atoms with Crippen LogP contribution in [0.4, 0.5) is 0 Å². The van der Waals surface area contributed by atoms with E-state index in [9.17, 15) is 0 Å². The van der Waals surface area contributed by atoms with Crippen LogP contribution in [0.1, 0.15) is 26.7 Å². The first-order valence-electron chi connectivity index (χ1n) is 6.55. The zero-order valence-corrected chi connectivity index (χ0v) is 13.4. The topological polar surface area (TPSA) is 12.5 Å². The Balaban J connectivity index is 1.93. The Morgan fingerprint density at radius 1 is 1.29 bits per heavy atom. The molecule has 2 heterocycles. The van der Waals surface area contributed by atoms with Gasteiger partial charge < -0.3 is 9.64 Å². The third-order valence-electron chi connectivity index (χ3n) is 3.90. The van der Waals surface area contributed by atoms with E-state index in [4.69, 9.17) is 4.74 Å². The van der Waals surface area contributed by atoms with E-state index >= 15 is 0 Å². The minimum Gasteiger partial charge on any atom is -0.381 e. The van der Waals surface area contributed by atoms with Crippen molar-refractivity contribution < 1.29 is 4.74 Å². The van der Waals surface area contributed by atoms with Gasteiger partial charge in [-0.05, 0) is 32.1 Å². The summed E-state index contributed by atoms with van der Waals surface area (Å²) in [6.45, 7) is 10.3. The summed E-state index contributed by atoms with van der Waals surface area (Å²) in [7, 11) is 0. The van der Waals surface area contributed by atoms with Gasteiger partial charge in [-0.15, -0.1) is 0 Å². The highest BCUT2D eigenvalue weighted by atomic mass is 79.9. The van der Waals surface area contributed by atoms with Gasteiger partial charge in [0.25, 0.3) is 0 Å². The van der Waals surface area contributed by atoms with Crippen LogP contribution in [0.3, 0.4) is 0 Å². The molecule has 100 valence electrons. The zero-order valence-electron chi connectivity index (χ0n) is 11.0. The fraction of sp³-hybridized carbons (Fsp3) is 1.00. The molecule has 0 aromatic rings. The predicted octanol–water partition coefficient (Wildman–Crippen LogP) is 3.01. The lowest BCUT2D eigenvalue weighted by atomic mass is 9.81. The highest BCUT2D eigenvalue weighted by molar-refractivity contribution is 9.09. The van der Waals surface area contributed by atoms with Gasteiger partial charge in [0.05, 0.1) is 0 Å². The van der Waals surface area contributed by atoms with Gasteiger partial charge in [0, 0.05) is 48.7 Å². The Bertz CT molecular complexity index is 254. The Morgan fingerprint density at radius 3 is 2.59 bits per heavy atom. The number of alkyl halides is 1. The van der Waals surface area contributed by atoms with Gasteiger partial charge in [-0.2, -0.15) is 11.8 Å². The van der Waals surface area contributed by atoms with E-state index in [1.54, 1.807) is 0 Å². The molecule has 2 aliphatic heterocycles. The maximum atomic E-state index is 5.51. The zero-order chi connectivity index (χ0) is 12.4. The van der Waals surface area contributed by atoms with E-state index in [0.717, 1.165) is 18.5 Å². The Morgan fingerprint density at radius 2 is 2.00 bits per heavy atom. The second-order valence-corrected chi connectivity index (χ2v) is 8.43. The minimum atomic E-state index is 0.427. The molecular formula is C13H24BrNOS. The molecule has 0 bridgehead atoms. The molecule has 0 amide bonds. The summed E-state index contributed by atoms with van der Waals surface area (Å²) >= 11 is 5.85. The largest absolute Gasteiger partial charge is 0.381 e. The number of ether oxygens (including phenoxy) is 1. The predicted molar refractivity (Wildman–Crippen MR) is 79.3 cm³/mol. The van der Waals surface area contributed by atoms with E-state index in [1.165, 1.54) is 38.2 Å². The lowest BCUT2D eigenvalue weighted by Crippen LogP contribution is -2.49. The second kappa shape index (κ2) is 5.81. The molecule has 0 saturated carbocycles. The molecular weight excluding hydrogens is 298 g/mol. The van der Waals surface area contributed by atoms with Crippen LogP contribution in [0.25, 0.3) is 0 Å². The average Bonchev–Trinajstić information content (AvgIpc) is 2.29. The fourth-order valence-corrected chi connectivity index (χ4v) is 4.78. The van der Waals surface area contributed by atoms with Gasteiger partial charge in [-0.1, -0.05) is 15.9 Å². The van der Waals surface area contributed by atoms with Gasteiger partial charge in [0.1, 0.15) is 0 Å². The molecule has 0 atom stereocenters. The van der Waals surface area contributed by atoms with Crippen molar-refractivity contribution >= 4 is 27.7 Å². The number of halogens is 1. The maximum Gasteiger partial charge on any atom is 0.0472 e. The number of hydrogen-bond donors (Lipinski definition) is 0. The number of hydrogen-bond acceptors (Lipinski definition) is 3. The van der Waals surface area contributed by atoms with Crippen LogP contribution >= 0.6 is 27.7 Å². The first-order chi connectivity index (χ1) is 8.05. The van der Waals surface area contributed by atoms with Crippen molar-refractivity contribution in [3.05, 3.63) is 0 Å². The van der Waals surface area contributed by atoms with Crippen LogP contribution in [0.15, 0.2) is 0 Å². The third-order valence-corrected chi connectivity index (χ3v) is 6.39. The van der Waals surface area contributed by atoms with Crippen molar-refractivity contribution in [2.24, 2.45) is 5.41 Å². The maximum absolute atomic E-state index is 5.51. The molecule has 0 aliphatic carbocycles. The summed E-state index contributed by atoms with van der Waals surface area (Å²) in [5.41, 5.74) is 0.455. The number of rotatable bonds is 3. The van der Waals surface area contributed by atoms with Crippen LogP contribution < -0.4 is 0 Å². The van der Waals surface area contributed by atoms with Crippen LogP contribution in [0.5, 0.6) is 0 Å². The highest BCUT2D eigenvalue weighted by Gasteiger charge is 2.36. The number of thioether (sulfide) groups is 1. The Labute approximate surface area is 118 Å². The van der Waals surface area contributed by atoms with Crippen LogP contribution in [-0.4, -0.2) is 53.6 Å². The fourth-order valence-electron chi connectivity index (χ4n) is 2.86. The van der Waals surface area contributed by atoms with Crippen molar-refractivity contribution in [3.8, 4) is 0 Å². The van der Waals surface area contributed by atoms with E-state index in [1.807, 2.05) is 0 Å². The Kier molecular flexibility index (Phi) is 4.84. The molecule has 17 heavy (non-hydrogen) atoms.